The van der Waals surface area contributed by atoms with E-state index in [1.165, 1.54) is 0 Å². The summed E-state index contributed by atoms with van der Waals surface area (Å²) in [5, 5.41) is 0. The number of ether oxygens (including phenoxy) is 1. The van der Waals surface area contributed by atoms with E-state index >= 15 is 0 Å². The van der Waals surface area contributed by atoms with Gasteiger partial charge in [-0.05, 0) is 24.6 Å². The summed E-state index contributed by atoms with van der Waals surface area (Å²) in [5.41, 5.74) is 2.86. The third-order valence-corrected chi connectivity index (χ3v) is 2.35. The van der Waals surface area contributed by atoms with Crippen molar-refractivity contribution in [3.8, 4) is 5.75 Å². The first-order chi connectivity index (χ1) is 7.35. The summed E-state index contributed by atoms with van der Waals surface area (Å²) in [7, 11) is 0. The summed E-state index contributed by atoms with van der Waals surface area (Å²) in [6.07, 6.45) is 3.79. The number of hydrogen-bond donors (Lipinski definition) is 0. The van der Waals surface area contributed by atoms with Crippen LogP contribution in [0.2, 0.25) is 0 Å². The highest BCUT2D eigenvalue weighted by Gasteiger charge is 2.13. The molecular weight excluding hydrogens is 186 g/mol. The predicted octanol–water partition coefficient (Wildman–Crippen LogP) is 3.28. The Hall–Kier alpha value is -1.83. The Morgan fingerprint density at radius 2 is 2.27 bits per heavy atom. The molecule has 0 radical (unpaired) electrons. The first kappa shape index (κ1) is 9.71. The van der Waals surface area contributed by atoms with Crippen LogP contribution in [-0.4, -0.2) is 12.3 Å². The van der Waals surface area contributed by atoms with Crippen molar-refractivity contribution in [2.45, 2.75) is 6.92 Å². The lowest BCUT2D eigenvalue weighted by atomic mass is 10.1. The Labute approximate surface area is 89.6 Å². The first-order valence-electron chi connectivity index (χ1n) is 4.93. The summed E-state index contributed by atoms with van der Waals surface area (Å²) >= 11 is 0. The minimum atomic E-state index is 0.517. The Balaban J connectivity index is 2.41. The van der Waals surface area contributed by atoms with Crippen LogP contribution in [0.3, 0.4) is 0 Å². The van der Waals surface area contributed by atoms with E-state index in [0.29, 0.717) is 6.61 Å². The highest BCUT2D eigenvalue weighted by Crippen LogP contribution is 2.30. The second-order valence-electron chi connectivity index (χ2n) is 3.26. The van der Waals surface area contributed by atoms with Gasteiger partial charge in [-0.2, -0.15) is 0 Å². The predicted molar refractivity (Wildman–Crippen MR) is 63.0 cm³/mol. The van der Waals surface area contributed by atoms with Crippen LogP contribution < -0.4 is 4.74 Å². The molecule has 0 atom stereocenters. The molecule has 1 aromatic carbocycles. The molecule has 0 unspecified atom stereocenters. The lowest BCUT2D eigenvalue weighted by molar-refractivity contribution is 0.373. The normalized spacial score (nSPS) is 15.0. The maximum atomic E-state index is 5.60. The molecule has 76 valence electrons. The van der Waals surface area contributed by atoms with Gasteiger partial charge in [-0.1, -0.05) is 30.9 Å². The molecular formula is C13H13NO. The zero-order valence-corrected chi connectivity index (χ0v) is 8.73. The van der Waals surface area contributed by atoms with Gasteiger partial charge in [-0.25, -0.2) is 4.99 Å². The number of hydrogen-bond acceptors (Lipinski definition) is 2. The molecule has 1 aliphatic rings. The van der Waals surface area contributed by atoms with E-state index in [0.717, 1.165) is 22.7 Å². The van der Waals surface area contributed by atoms with Crippen LogP contribution in [0.25, 0.3) is 0 Å². The molecule has 2 rings (SSSR count). The van der Waals surface area contributed by atoms with E-state index in [4.69, 9.17) is 4.74 Å². The number of rotatable bonds is 2. The Morgan fingerprint density at radius 3 is 3.00 bits per heavy atom. The van der Waals surface area contributed by atoms with Crippen molar-refractivity contribution in [1.82, 2.24) is 0 Å². The summed E-state index contributed by atoms with van der Waals surface area (Å²) in [5.74, 6) is 0.848. The molecule has 0 aromatic heterocycles. The monoisotopic (exact) mass is 199 g/mol. The second kappa shape index (κ2) is 4.13. The van der Waals surface area contributed by atoms with Crippen LogP contribution in [0.1, 0.15) is 6.92 Å². The van der Waals surface area contributed by atoms with Gasteiger partial charge in [-0.3, -0.25) is 0 Å². The molecule has 0 fully saturated rings. The number of aliphatic imine (C=N–C) groups is 1. The van der Waals surface area contributed by atoms with Crippen molar-refractivity contribution >= 4 is 11.4 Å². The van der Waals surface area contributed by atoms with E-state index in [-0.39, 0.29) is 0 Å². The largest absolute Gasteiger partial charge is 0.485 e. The highest BCUT2D eigenvalue weighted by molar-refractivity contribution is 6.05. The van der Waals surface area contributed by atoms with Crippen LogP contribution >= 0.6 is 0 Å². The molecule has 0 amide bonds. The van der Waals surface area contributed by atoms with Gasteiger partial charge in [0.05, 0.1) is 5.71 Å². The number of benzene rings is 1. The van der Waals surface area contributed by atoms with Gasteiger partial charge in [0.15, 0.2) is 0 Å². The fourth-order valence-electron chi connectivity index (χ4n) is 1.55. The molecule has 15 heavy (non-hydrogen) atoms. The highest BCUT2D eigenvalue weighted by atomic mass is 16.5. The number of para-hydroxylation sites is 2. The average Bonchev–Trinajstić information content (AvgIpc) is 2.30. The maximum Gasteiger partial charge on any atom is 0.145 e. The van der Waals surface area contributed by atoms with E-state index in [2.05, 4.69) is 11.6 Å². The second-order valence-corrected chi connectivity index (χ2v) is 3.26. The van der Waals surface area contributed by atoms with E-state index in [1.807, 2.05) is 37.3 Å². The number of allylic oxidation sites excluding steroid dienone is 2. The van der Waals surface area contributed by atoms with Gasteiger partial charge in [0, 0.05) is 0 Å². The Kier molecular flexibility index (Phi) is 2.68. The third-order valence-electron chi connectivity index (χ3n) is 2.35. The molecule has 1 heterocycles. The van der Waals surface area contributed by atoms with Crippen molar-refractivity contribution in [1.29, 1.82) is 0 Å². The van der Waals surface area contributed by atoms with Crippen LogP contribution in [0.4, 0.5) is 5.69 Å². The average molecular weight is 199 g/mol. The lowest BCUT2D eigenvalue weighted by Gasteiger charge is -2.17. The van der Waals surface area contributed by atoms with Crippen LogP contribution in [-0.2, 0) is 0 Å². The minimum Gasteiger partial charge on any atom is -0.485 e. The Bertz CT molecular complexity index is 444. The molecule has 0 bridgehead atoms. The van der Waals surface area contributed by atoms with Crippen molar-refractivity contribution in [3.05, 3.63) is 48.6 Å². The topological polar surface area (TPSA) is 21.6 Å². The zero-order chi connectivity index (χ0) is 10.7. The van der Waals surface area contributed by atoms with E-state index in [1.54, 1.807) is 6.08 Å². The van der Waals surface area contributed by atoms with Crippen LogP contribution in [0.15, 0.2) is 53.6 Å². The fourth-order valence-corrected chi connectivity index (χ4v) is 1.55. The van der Waals surface area contributed by atoms with Crippen LogP contribution in [0.5, 0.6) is 5.75 Å². The van der Waals surface area contributed by atoms with Crippen molar-refractivity contribution in [2.75, 3.05) is 6.61 Å². The van der Waals surface area contributed by atoms with Gasteiger partial charge in [-0.15, -0.1) is 0 Å². The van der Waals surface area contributed by atoms with Gasteiger partial charge in [0.25, 0.3) is 0 Å². The molecule has 0 saturated heterocycles. The minimum absolute atomic E-state index is 0.517. The lowest BCUT2D eigenvalue weighted by Crippen LogP contribution is -2.16. The molecule has 1 aromatic rings. The van der Waals surface area contributed by atoms with Gasteiger partial charge < -0.3 is 4.74 Å². The summed E-state index contributed by atoms with van der Waals surface area (Å²) in [4.78, 5) is 4.54. The molecule has 0 spiro atoms. The molecule has 1 aliphatic heterocycles. The van der Waals surface area contributed by atoms with Gasteiger partial charge in [0.1, 0.15) is 18.0 Å². The van der Waals surface area contributed by atoms with E-state index in [9.17, 15) is 0 Å². The standard InChI is InChI=1S/C13H13NO/c1-3-10(4-2)12-9-15-13-8-6-5-7-11(13)14-12/h3-8H,1,9H2,2H3/b10-4+. The molecule has 0 N–H and O–H groups in total. The van der Waals surface area contributed by atoms with Crippen molar-refractivity contribution in [2.24, 2.45) is 4.99 Å². The smallest absolute Gasteiger partial charge is 0.145 e. The zero-order valence-electron chi connectivity index (χ0n) is 8.73. The number of nitrogens with zero attached hydrogens (tertiary/aromatic N) is 1. The molecule has 0 aliphatic carbocycles. The number of fused-ring (bicyclic) bond motifs is 1. The summed E-state index contributed by atoms with van der Waals surface area (Å²) in [6, 6.07) is 7.78. The quantitative estimate of drug-likeness (QED) is 0.670. The third kappa shape index (κ3) is 1.84. The van der Waals surface area contributed by atoms with Crippen LogP contribution in [0, 0.1) is 0 Å². The molecule has 2 heteroatoms. The molecule has 0 saturated carbocycles. The van der Waals surface area contributed by atoms with Gasteiger partial charge in [0.2, 0.25) is 0 Å². The SMILES string of the molecule is C=C/C(=C\C)C1=Nc2ccccc2OC1. The molecule has 2 nitrogen and oxygen atoms in total. The van der Waals surface area contributed by atoms with E-state index < -0.39 is 0 Å². The van der Waals surface area contributed by atoms with Gasteiger partial charge >= 0.3 is 0 Å². The summed E-state index contributed by atoms with van der Waals surface area (Å²) in [6.45, 7) is 6.25. The maximum absolute atomic E-state index is 5.60. The Morgan fingerprint density at radius 1 is 1.47 bits per heavy atom. The van der Waals surface area contributed by atoms with Crippen molar-refractivity contribution < 1.29 is 4.74 Å². The summed E-state index contributed by atoms with van der Waals surface area (Å²) < 4.78 is 5.60. The van der Waals surface area contributed by atoms with Crippen molar-refractivity contribution in [3.63, 3.8) is 0 Å². The first-order valence-corrected chi connectivity index (χ1v) is 4.93. The fraction of sp³-hybridized carbons (Fsp3) is 0.154.